The zero-order valence-electron chi connectivity index (χ0n) is 13.2. The van der Waals surface area contributed by atoms with Gasteiger partial charge in [0.05, 0.1) is 18.1 Å². The molecule has 7 nitrogen and oxygen atoms in total. The lowest BCUT2D eigenvalue weighted by molar-refractivity contribution is 0.0635. The van der Waals surface area contributed by atoms with Crippen molar-refractivity contribution < 1.29 is 9.53 Å². The molecular weight excluding hydrogens is 282 g/mol. The van der Waals surface area contributed by atoms with Crippen LogP contribution in [0.4, 0.5) is 16.3 Å². The van der Waals surface area contributed by atoms with Crippen molar-refractivity contribution in [3.63, 3.8) is 0 Å². The Balaban J connectivity index is 1.87. The van der Waals surface area contributed by atoms with Crippen LogP contribution in [0.1, 0.15) is 32.0 Å². The normalized spacial score (nSPS) is 11.1. The average Bonchev–Trinajstić information content (AvgIpc) is 2.81. The topological polar surface area (TPSA) is 91.9 Å². The van der Waals surface area contributed by atoms with E-state index in [0.717, 1.165) is 16.9 Å². The van der Waals surface area contributed by atoms with Crippen molar-refractivity contribution in [3.05, 3.63) is 35.8 Å². The fraction of sp³-hybridized carbons (Fsp3) is 0.400. The van der Waals surface area contributed by atoms with E-state index in [1.54, 1.807) is 18.5 Å². The molecular formula is C15H21N5O2. The van der Waals surface area contributed by atoms with E-state index in [2.05, 4.69) is 25.8 Å². The molecule has 2 aromatic rings. The fourth-order valence-electron chi connectivity index (χ4n) is 1.73. The van der Waals surface area contributed by atoms with E-state index < -0.39 is 11.7 Å². The predicted octanol–water partition coefficient (Wildman–Crippen LogP) is 3.07. The molecule has 0 aliphatic heterocycles. The van der Waals surface area contributed by atoms with Crippen LogP contribution in [-0.4, -0.2) is 26.9 Å². The molecule has 1 amide bonds. The highest BCUT2D eigenvalue weighted by molar-refractivity contribution is 5.83. The zero-order chi connectivity index (χ0) is 16.2. The SMILES string of the molecule is Cc1[nH]ncc1CNc1ccc(NC(=O)OC(C)(C)C)nc1. The Kier molecular flexibility index (Phi) is 4.65. The highest BCUT2D eigenvalue weighted by Crippen LogP contribution is 2.13. The molecule has 0 aromatic carbocycles. The van der Waals surface area contributed by atoms with Crippen molar-refractivity contribution >= 4 is 17.6 Å². The lowest BCUT2D eigenvalue weighted by atomic mass is 10.2. The van der Waals surface area contributed by atoms with Gasteiger partial charge in [-0.25, -0.2) is 9.78 Å². The summed E-state index contributed by atoms with van der Waals surface area (Å²) in [6, 6.07) is 3.56. The number of carbonyl (C=O) groups is 1. The standard InChI is InChI=1S/C15H21N5O2/c1-10-11(8-18-20-10)7-16-12-5-6-13(17-9-12)19-14(21)22-15(2,3)4/h5-6,8-9,16H,7H2,1-4H3,(H,18,20)(H,17,19,21). The molecule has 118 valence electrons. The molecule has 7 heteroatoms. The van der Waals surface area contributed by atoms with Gasteiger partial charge in [0.25, 0.3) is 0 Å². The number of amides is 1. The minimum Gasteiger partial charge on any atom is -0.444 e. The van der Waals surface area contributed by atoms with Gasteiger partial charge in [0.2, 0.25) is 0 Å². The van der Waals surface area contributed by atoms with Gasteiger partial charge in [-0.15, -0.1) is 0 Å². The number of hydrogen-bond acceptors (Lipinski definition) is 5. The van der Waals surface area contributed by atoms with Crippen LogP contribution in [0.2, 0.25) is 0 Å². The fourth-order valence-corrected chi connectivity index (χ4v) is 1.73. The number of nitrogens with one attached hydrogen (secondary N) is 3. The molecule has 0 aliphatic carbocycles. The van der Waals surface area contributed by atoms with E-state index in [9.17, 15) is 4.79 Å². The zero-order valence-corrected chi connectivity index (χ0v) is 13.2. The smallest absolute Gasteiger partial charge is 0.413 e. The van der Waals surface area contributed by atoms with E-state index in [-0.39, 0.29) is 0 Å². The van der Waals surface area contributed by atoms with Crippen LogP contribution in [0.5, 0.6) is 0 Å². The van der Waals surface area contributed by atoms with Crippen LogP contribution in [0.15, 0.2) is 24.5 Å². The number of carbonyl (C=O) groups excluding carboxylic acids is 1. The molecule has 0 aliphatic rings. The molecule has 0 bridgehead atoms. The molecule has 2 aromatic heterocycles. The van der Waals surface area contributed by atoms with Crippen molar-refractivity contribution in [2.24, 2.45) is 0 Å². The first-order valence-corrected chi connectivity index (χ1v) is 7.02. The van der Waals surface area contributed by atoms with Crippen LogP contribution < -0.4 is 10.6 Å². The van der Waals surface area contributed by atoms with Gasteiger partial charge in [-0.2, -0.15) is 5.10 Å². The van der Waals surface area contributed by atoms with E-state index >= 15 is 0 Å². The number of ether oxygens (including phenoxy) is 1. The van der Waals surface area contributed by atoms with Gasteiger partial charge >= 0.3 is 6.09 Å². The van der Waals surface area contributed by atoms with Crippen molar-refractivity contribution in [1.82, 2.24) is 15.2 Å². The lowest BCUT2D eigenvalue weighted by Gasteiger charge is -2.19. The molecule has 0 radical (unpaired) electrons. The second-order valence-electron chi connectivity index (χ2n) is 5.93. The maximum absolute atomic E-state index is 11.6. The first kappa shape index (κ1) is 15.8. The molecule has 0 saturated heterocycles. The number of pyridine rings is 1. The highest BCUT2D eigenvalue weighted by atomic mass is 16.6. The van der Waals surface area contributed by atoms with Gasteiger partial charge in [0, 0.05) is 17.8 Å². The number of aromatic amines is 1. The Morgan fingerprint density at radius 1 is 1.32 bits per heavy atom. The third-order valence-electron chi connectivity index (χ3n) is 2.81. The number of H-pyrrole nitrogens is 1. The summed E-state index contributed by atoms with van der Waals surface area (Å²) in [5.74, 6) is 0.444. The van der Waals surface area contributed by atoms with Crippen LogP contribution in [0, 0.1) is 6.92 Å². The molecule has 0 saturated carbocycles. The molecule has 0 unspecified atom stereocenters. The minimum atomic E-state index is -0.534. The predicted molar refractivity (Wildman–Crippen MR) is 84.7 cm³/mol. The first-order valence-electron chi connectivity index (χ1n) is 7.02. The number of hydrogen-bond donors (Lipinski definition) is 3. The molecule has 22 heavy (non-hydrogen) atoms. The summed E-state index contributed by atoms with van der Waals surface area (Å²) in [5, 5.41) is 12.7. The van der Waals surface area contributed by atoms with Crippen molar-refractivity contribution in [1.29, 1.82) is 0 Å². The third kappa shape index (κ3) is 4.76. The second kappa shape index (κ2) is 6.46. The summed E-state index contributed by atoms with van der Waals surface area (Å²) in [5.41, 5.74) is 2.45. The average molecular weight is 303 g/mol. The minimum absolute atomic E-state index is 0.444. The summed E-state index contributed by atoms with van der Waals surface area (Å²) >= 11 is 0. The van der Waals surface area contributed by atoms with Gasteiger partial charge in [0.1, 0.15) is 11.4 Å². The molecule has 2 heterocycles. The van der Waals surface area contributed by atoms with Gasteiger partial charge in [-0.05, 0) is 39.8 Å². The third-order valence-corrected chi connectivity index (χ3v) is 2.81. The van der Waals surface area contributed by atoms with Gasteiger partial charge in [-0.3, -0.25) is 10.4 Å². The number of aromatic nitrogens is 3. The molecule has 2 rings (SSSR count). The Bertz CT molecular complexity index is 628. The van der Waals surface area contributed by atoms with Crippen molar-refractivity contribution in [3.8, 4) is 0 Å². The molecule has 0 atom stereocenters. The van der Waals surface area contributed by atoms with Crippen LogP contribution in [0.25, 0.3) is 0 Å². The quantitative estimate of drug-likeness (QED) is 0.807. The summed E-state index contributed by atoms with van der Waals surface area (Å²) in [7, 11) is 0. The largest absolute Gasteiger partial charge is 0.444 e. The number of rotatable bonds is 4. The van der Waals surface area contributed by atoms with E-state index in [1.807, 2.05) is 33.8 Å². The summed E-state index contributed by atoms with van der Waals surface area (Å²) < 4.78 is 5.17. The highest BCUT2D eigenvalue weighted by Gasteiger charge is 2.16. The van der Waals surface area contributed by atoms with Gasteiger partial charge in [0.15, 0.2) is 0 Å². The summed E-state index contributed by atoms with van der Waals surface area (Å²) in [4.78, 5) is 15.8. The number of aryl methyl sites for hydroxylation is 1. The maximum atomic E-state index is 11.6. The summed E-state index contributed by atoms with van der Waals surface area (Å²) in [6.45, 7) is 8.06. The Labute approximate surface area is 129 Å². The van der Waals surface area contributed by atoms with Crippen LogP contribution >= 0.6 is 0 Å². The maximum Gasteiger partial charge on any atom is 0.413 e. The Morgan fingerprint density at radius 2 is 2.09 bits per heavy atom. The second-order valence-corrected chi connectivity index (χ2v) is 5.93. The van der Waals surface area contributed by atoms with Crippen LogP contribution in [0.3, 0.4) is 0 Å². The molecule has 0 fully saturated rings. The van der Waals surface area contributed by atoms with E-state index in [1.165, 1.54) is 0 Å². The molecule has 3 N–H and O–H groups in total. The van der Waals surface area contributed by atoms with Crippen molar-refractivity contribution in [2.45, 2.75) is 39.8 Å². The van der Waals surface area contributed by atoms with E-state index in [4.69, 9.17) is 4.74 Å². The number of nitrogens with zero attached hydrogens (tertiary/aromatic N) is 2. The van der Waals surface area contributed by atoms with E-state index in [0.29, 0.717) is 12.4 Å². The summed E-state index contributed by atoms with van der Waals surface area (Å²) in [6.07, 6.45) is 2.92. The van der Waals surface area contributed by atoms with Gasteiger partial charge in [-0.1, -0.05) is 0 Å². The number of anilines is 2. The first-order chi connectivity index (χ1) is 10.3. The van der Waals surface area contributed by atoms with Crippen molar-refractivity contribution in [2.75, 3.05) is 10.6 Å². The lowest BCUT2D eigenvalue weighted by Crippen LogP contribution is -2.27. The monoisotopic (exact) mass is 303 g/mol. The molecule has 0 spiro atoms. The van der Waals surface area contributed by atoms with Crippen LogP contribution in [-0.2, 0) is 11.3 Å². The Hall–Kier alpha value is -2.57. The Morgan fingerprint density at radius 3 is 2.64 bits per heavy atom. The van der Waals surface area contributed by atoms with Gasteiger partial charge < -0.3 is 10.1 Å².